The molecule has 3 N–H and O–H groups in total. The average Bonchev–Trinajstić information content (AvgIpc) is 2.45. The quantitative estimate of drug-likeness (QED) is 0.880. The van der Waals surface area contributed by atoms with Gasteiger partial charge in [0.25, 0.3) is 0 Å². The highest BCUT2D eigenvalue weighted by atomic mass is 35.5. The zero-order valence-corrected chi connectivity index (χ0v) is 11.7. The molecule has 0 saturated carbocycles. The third-order valence-electron chi connectivity index (χ3n) is 3.42. The van der Waals surface area contributed by atoms with E-state index in [4.69, 9.17) is 17.3 Å². The number of nitrogens with two attached hydrogens (primary N) is 1. The van der Waals surface area contributed by atoms with Crippen LogP contribution in [0.2, 0.25) is 5.02 Å². The number of rotatable bonds is 4. The molecule has 1 saturated heterocycles. The number of amides is 1. The molecule has 104 valence electrons. The maximum Gasteiger partial charge on any atom is 0.223 e. The van der Waals surface area contributed by atoms with Gasteiger partial charge in [0.15, 0.2) is 0 Å². The standard InChI is InChI=1S/C14H20ClN3O/c15-12-5-2-1-4-11(12)13-10-17-8-9-18(13)14(19)6-3-7-16/h1-2,4-5,13,17H,3,6-10,16H2. The number of nitrogens with one attached hydrogen (secondary N) is 1. The smallest absolute Gasteiger partial charge is 0.223 e. The highest BCUT2D eigenvalue weighted by molar-refractivity contribution is 6.31. The molecule has 19 heavy (non-hydrogen) atoms. The lowest BCUT2D eigenvalue weighted by atomic mass is 10.0. The van der Waals surface area contributed by atoms with Crippen molar-refractivity contribution in [2.24, 2.45) is 5.73 Å². The Kier molecular flexibility index (Phi) is 5.19. The van der Waals surface area contributed by atoms with Crippen molar-refractivity contribution in [2.75, 3.05) is 26.2 Å². The number of halogens is 1. The molecule has 1 unspecified atom stereocenters. The normalized spacial score (nSPS) is 19.5. The fourth-order valence-corrected chi connectivity index (χ4v) is 2.68. The summed E-state index contributed by atoms with van der Waals surface area (Å²) in [7, 11) is 0. The van der Waals surface area contributed by atoms with Gasteiger partial charge >= 0.3 is 0 Å². The molecule has 0 aromatic heterocycles. The summed E-state index contributed by atoms with van der Waals surface area (Å²) in [4.78, 5) is 14.2. The van der Waals surface area contributed by atoms with Crippen LogP contribution in [0, 0.1) is 0 Å². The molecule has 1 atom stereocenters. The van der Waals surface area contributed by atoms with Crippen LogP contribution in [-0.2, 0) is 4.79 Å². The molecular formula is C14H20ClN3O. The van der Waals surface area contributed by atoms with E-state index in [0.29, 0.717) is 18.0 Å². The second-order valence-corrected chi connectivity index (χ2v) is 5.13. The minimum Gasteiger partial charge on any atom is -0.333 e. The summed E-state index contributed by atoms with van der Waals surface area (Å²) in [6, 6.07) is 7.74. The third-order valence-corrected chi connectivity index (χ3v) is 3.77. The molecule has 1 aromatic carbocycles. The monoisotopic (exact) mass is 281 g/mol. The van der Waals surface area contributed by atoms with Crippen molar-refractivity contribution in [1.82, 2.24) is 10.2 Å². The molecule has 4 nitrogen and oxygen atoms in total. The highest BCUT2D eigenvalue weighted by Crippen LogP contribution is 2.28. The number of piperazine rings is 1. The predicted molar refractivity (Wildman–Crippen MR) is 77.1 cm³/mol. The van der Waals surface area contributed by atoms with E-state index in [2.05, 4.69) is 5.32 Å². The Morgan fingerprint density at radius 2 is 2.26 bits per heavy atom. The summed E-state index contributed by atoms with van der Waals surface area (Å²) in [5.41, 5.74) is 6.48. The van der Waals surface area contributed by atoms with E-state index in [1.165, 1.54) is 0 Å². The lowest BCUT2D eigenvalue weighted by Gasteiger charge is -2.37. The van der Waals surface area contributed by atoms with E-state index >= 15 is 0 Å². The van der Waals surface area contributed by atoms with Crippen molar-refractivity contribution >= 4 is 17.5 Å². The topological polar surface area (TPSA) is 58.4 Å². The van der Waals surface area contributed by atoms with Gasteiger partial charge in [-0.05, 0) is 24.6 Å². The zero-order valence-electron chi connectivity index (χ0n) is 10.9. The van der Waals surface area contributed by atoms with Crippen molar-refractivity contribution in [3.8, 4) is 0 Å². The largest absolute Gasteiger partial charge is 0.333 e. The van der Waals surface area contributed by atoms with Crippen LogP contribution in [0.15, 0.2) is 24.3 Å². The fraction of sp³-hybridized carbons (Fsp3) is 0.500. The predicted octanol–water partition coefficient (Wildman–Crippen LogP) is 1.55. The van der Waals surface area contributed by atoms with Crippen molar-refractivity contribution in [1.29, 1.82) is 0 Å². The first kappa shape index (κ1) is 14.3. The fourth-order valence-electron chi connectivity index (χ4n) is 2.42. The maximum atomic E-state index is 12.3. The summed E-state index contributed by atoms with van der Waals surface area (Å²) in [6.45, 7) is 2.85. The van der Waals surface area contributed by atoms with E-state index in [0.717, 1.165) is 31.6 Å². The van der Waals surface area contributed by atoms with Crippen LogP contribution in [0.1, 0.15) is 24.4 Å². The maximum absolute atomic E-state index is 12.3. The van der Waals surface area contributed by atoms with Crippen molar-refractivity contribution in [2.45, 2.75) is 18.9 Å². The van der Waals surface area contributed by atoms with Crippen LogP contribution < -0.4 is 11.1 Å². The Morgan fingerprint density at radius 3 is 3.00 bits per heavy atom. The van der Waals surface area contributed by atoms with Crippen molar-refractivity contribution in [3.63, 3.8) is 0 Å². The Hall–Kier alpha value is -1.10. The minimum atomic E-state index is 0.0210. The van der Waals surface area contributed by atoms with Crippen molar-refractivity contribution in [3.05, 3.63) is 34.9 Å². The van der Waals surface area contributed by atoms with Crippen LogP contribution in [-0.4, -0.2) is 37.0 Å². The summed E-state index contributed by atoms with van der Waals surface area (Å²) in [5, 5.41) is 4.04. The SMILES string of the molecule is NCCCC(=O)N1CCNCC1c1ccccc1Cl. The summed E-state index contributed by atoms with van der Waals surface area (Å²) in [6.07, 6.45) is 1.25. The Balaban J connectivity index is 2.16. The summed E-state index contributed by atoms with van der Waals surface area (Å²) in [5.74, 6) is 0.164. The molecule has 1 aliphatic heterocycles. The Bertz CT molecular complexity index is 438. The molecule has 1 aliphatic rings. The molecule has 0 bridgehead atoms. The van der Waals surface area contributed by atoms with E-state index in [1.807, 2.05) is 29.2 Å². The van der Waals surface area contributed by atoms with Crippen LogP contribution in [0.3, 0.4) is 0 Å². The molecule has 2 rings (SSSR count). The van der Waals surface area contributed by atoms with Gasteiger partial charge in [0.05, 0.1) is 6.04 Å². The molecule has 1 aromatic rings. The molecule has 5 heteroatoms. The first-order valence-corrected chi connectivity index (χ1v) is 7.06. The van der Waals surface area contributed by atoms with Gasteiger partial charge in [-0.15, -0.1) is 0 Å². The number of carbonyl (C=O) groups is 1. The van der Waals surface area contributed by atoms with Crippen LogP contribution >= 0.6 is 11.6 Å². The number of hydrogen-bond donors (Lipinski definition) is 2. The highest BCUT2D eigenvalue weighted by Gasteiger charge is 2.28. The van der Waals surface area contributed by atoms with Crippen LogP contribution in [0.25, 0.3) is 0 Å². The minimum absolute atomic E-state index is 0.0210. The zero-order chi connectivity index (χ0) is 13.7. The number of benzene rings is 1. The number of hydrogen-bond acceptors (Lipinski definition) is 3. The second-order valence-electron chi connectivity index (χ2n) is 4.72. The molecule has 1 fully saturated rings. The van der Waals surface area contributed by atoms with E-state index in [1.54, 1.807) is 0 Å². The van der Waals surface area contributed by atoms with E-state index in [9.17, 15) is 4.79 Å². The molecule has 0 radical (unpaired) electrons. The van der Waals surface area contributed by atoms with Gasteiger partial charge in [-0.25, -0.2) is 0 Å². The molecule has 0 spiro atoms. The van der Waals surface area contributed by atoms with Crippen LogP contribution in [0.4, 0.5) is 0 Å². The first-order chi connectivity index (χ1) is 9.24. The van der Waals surface area contributed by atoms with Gasteiger partial charge < -0.3 is 16.0 Å². The Labute approximate surface area is 118 Å². The van der Waals surface area contributed by atoms with E-state index < -0.39 is 0 Å². The van der Waals surface area contributed by atoms with Gasteiger partial charge in [0.2, 0.25) is 5.91 Å². The lowest BCUT2D eigenvalue weighted by Crippen LogP contribution is -2.48. The first-order valence-electron chi connectivity index (χ1n) is 6.68. The third kappa shape index (κ3) is 3.47. The summed E-state index contributed by atoms with van der Waals surface area (Å²) >= 11 is 6.25. The van der Waals surface area contributed by atoms with Crippen LogP contribution in [0.5, 0.6) is 0 Å². The molecule has 1 amide bonds. The lowest BCUT2D eigenvalue weighted by molar-refractivity contribution is -0.134. The van der Waals surface area contributed by atoms with Gasteiger partial charge in [0, 0.05) is 31.1 Å². The van der Waals surface area contributed by atoms with Gasteiger partial charge in [-0.2, -0.15) is 0 Å². The van der Waals surface area contributed by atoms with Gasteiger partial charge in [-0.1, -0.05) is 29.8 Å². The second kappa shape index (κ2) is 6.89. The van der Waals surface area contributed by atoms with Gasteiger partial charge in [-0.3, -0.25) is 4.79 Å². The molecule has 1 heterocycles. The molecule has 0 aliphatic carbocycles. The van der Waals surface area contributed by atoms with Gasteiger partial charge in [0.1, 0.15) is 0 Å². The average molecular weight is 282 g/mol. The number of carbonyl (C=O) groups excluding carboxylic acids is 1. The Morgan fingerprint density at radius 1 is 1.47 bits per heavy atom. The molecular weight excluding hydrogens is 262 g/mol. The summed E-state index contributed by atoms with van der Waals surface area (Å²) < 4.78 is 0. The van der Waals surface area contributed by atoms with E-state index in [-0.39, 0.29) is 11.9 Å². The number of nitrogens with zero attached hydrogens (tertiary/aromatic N) is 1. The van der Waals surface area contributed by atoms with Crippen molar-refractivity contribution < 1.29 is 4.79 Å².